The minimum absolute atomic E-state index is 0.0119. The minimum atomic E-state index is -0.445. The molecule has 0 radical (unpaired) electrons. The Morgan fingerprint density at radius 2 is 1.92 bits per heavy atom. The van der Waals surface area contributed by atoms with Crippen LogP contribution in [0.15, 0.2) is 57.7 Å². The fourth-order valence-corrected chi connectivity index (χ4v) is 2.75. The molecule has 1 heterocycles. The molecule has 128 valence electrons. The number of fused-ring (bicyclic) bond motifs is 1. The van der Waals surface area contributed by atoms with Gasteiger partial charge in [-0.25, -0.2) is 0 Å². The second kappa shape index (κ2) is 6.81. The molecule has 5 nitrogen and oxygen atoms in total. The summed E-state index contributed by atoms with van der Waals surface area (Å²) in [6.07, 6.45) is 0. The predicted molar refractivity (Wildman–Crippen MR) is 96.1 cm³/mol. The molecule has 0 saturated heterocycles. The van der Waals surface area contributed by atoms with Crippen molar-refractivity contribution in [2.24, 2.45) is 0 Å². The maximum absolute atomic E-state index is 12.5. The van der Waals surface area contributed by atoms with Gasteiger partial charge in [0.25, 0.3) is 5.91 Å². The lowest BCUT2D eigenvalue weighted by molar-refractivity contribution is 0.0912. The van der Waals surface area contributed by atoms with E-state index in [0.717, 1.165) is 11.1 Å². The molecule has 3 rings (SSSR count). The van der Waals surface area contributed by atoms with Gasteiger partial charge < -0.3 is 14.5 Å². The monoisotopic (exact) mass is 337 g/mol. The number of hydrogen-bond acceptors (Lipinski definition) is 4. The molecule has 0 aliphatic rings. The van der Waals surface area contributed by atoms with Gasteiger partial charge in [-0.1, -0.05) is 29.8 Å². The van der Waals surface area contributed by atoms with Crippen LogP contribution in [-0.4, -0.2) is 13.0 Å². The molecule has 0 saturated carbocycles. The van der Waals surface area contributed by atoms with E-state index < -0.39 is 5.91 Å². The number of aryl methyl sites for hydroxylation is 1. The number of rotatable bonds is 4. The van der Waals surface area contributed by atoms with Gasteiger partial charge in [0.05, 0.1) is 18.5 Å². The van der Waals surface area contributed by atoms with Crippen molar-refractivity contribution in [2.75, 3.05) is 7.11 Å². The Hall–Kier alpha value is -3.08. The van der Waals surface area contributed by atoms with E-state index in [4.69, 9.17) is 9.15 Å². The number of methoxy groups -OCH3 is 1. The van der Waals surface area contributed by atoms with Crippen molar-refractivity contribution in [1.29, 1.82) is 0 Å². The van der Waals surface area contributed by atoms with Gasteiger partial charge in [-0.3, -0.25) is 9.59 Å². The Balaban J connectivity index is 1.90. The number of para-hydroxylation sites is 1. The normalized spacial score (nSPS) is 12.0. The van der Waals surface area contributed by atoms with E-state index in [9.17, 15) is 9.59 Å². The highest BCUT2D eigenvalue weighted by molar-refractivity contribution is 5.93. The third-order valence-electron chi connectivity index (χ3n) is 4.06. The van der Waals surface area contributed by atoms with Gasteiger partial charge in [0.2, 0.25) is 0 Å². The summed E-state index contributed by atoms with van der Waals surface area (Å²) in [5.74, 6) is 0.236. The van der Waals surface area contributed by atoms with Gasteiger partial charge in [0.15, 0.2) is 11.2 Å². The number of carbonyl (C=O) groups is 1. The molecular formula is C20H19NO4. The molecule has 3 aromatic rings. The summed E-state index contributed by atoms with van der Waals surface area (Å²) in [4.78, 5) is 24.7. The van der Waals surface area contributed by atoms with Gasteiger partial charge in [-0.15, -0.1) is 0 Å². The zero-order valence-electron chi connectivity index (χ0n) is 14.3. The SMILES string of the molecule is COc1ccc(C)cc1[C@@H](C)NC(=O)c1cc(=O)c2ccccc2o1. The second-order valence-corrected chi connectivity index (χ2v) is 5.91. The molecule has 0 fully saturated rings. The average Bonchev–Trinajstić information content (AvgIpc) is 2.61. The van der Waals surface area contributed by atoms with E-state index >= 15 is 0 Å². The highest BCUT2D eigenvalue weighted by Crippen LogP contribution is 2.26. The van der Waals surface area contributed by atoms with E-state index in [-0.39, 0.29) is 17.2 Å². The lowest BCUT2D eigenvalue weighted by atomic mass is 10.0. The summed E-state index contributed by atoms with van der Waals surface area (Å²) in [6, 6.07) is 13.5. The van der Waals surface area contributed by atoms with Gasteiger partial charge in [-0.05, 0) is 32.0 Å². The quantitative estimate of drug-likeness (QED) is 0.790. The Bertz CT molecular complexity index is 990. The van der Waals surface area contributed by atoms with E-state index in [1.54, 1.807) is 31.4 Å². The first-order valence-electron chi connectivity index (χ1n) is 7.98. The van der Waals surface area contributed by atoms with Crippen molar-refractivity contribution in [1.82, 2.24) is 5.32 Å². The van der Waals surface area contributed by atoms with Crippen LogP contribution < -0.4 is 15.5 Å². The summed E-state index contributed by atoms with van der Waals surface area (Å²) in [5, 5.41) is 3.31. The topological polar surface area (TPSA) is 68.5 Å². The summed E-state index contributed by atoms with van der Waals surface area (Å²) in [6.45, 7) is 3.83. The minimum Gasteiger partial charge on any atom is -0.496 e. The molecule has 0 aliphatic heterocycles. The first kappa shape index (κ1) is 16.8. The van der Waals surface area contributed by atoms with Crippen LogP contribution in [0.1, 0.15) is 34.6 Å². The van der Waals surface area contributed by atoms with Crippen molar-refractivity contribution in [2.45, 2.75) is 19.9 Å². The molecule has 0 bridgehead atoms. The van der Waals surface area contributed by atoms with Gasteiger partial charge in [0.1, 0.15) is 11.3 Å². The first-order valence-corrected chi connectivity index (χ1v) is 7.98. The van der Waals surface area contributed by atoms with Crippen molar-refractivity contribution in [3.05, 3.63) is 75.6 Å². The fraction of sp³-hybridized carbons (Fsp3) is 0.200. The Labute approximate surface area is 145 Å². The number of carbonyl (C=O) groups excluding carboxylic acids is 1. The number of benzene rings is 2. The molecule has 1 aromatic heterocycles. The largest absolute Gasteiger partial charge is 0.496 e. The Morgan fingerprint density at radius 1 is 1.16 bits per heavy atom. The summed E-state index contributed by atoms with van der Waals surface area (Å²) >= 11 is 0. The lowest BCUT2D eigenvalue weighted by Gasteiger charge is -2.17. The molecule has 25 heavy (non-hydrogen) atoms. The van der Waals surface area contributed by atoms with E-state index in [0.29, 0.717) is 16.7 Å². The van der Waals surface area contributed by atoms with Crippen molar-refractivity contribution in [3.8, 4) is 5.75 Å². The van der Waals surface area contributed by atoms with Crippen LogP contribution >= 0.6 is 0 Å². The van der Waals surface area contributed by atoms with E-state index in [2.05, 4.69) is 5.32 Å². The van der Waals surface area contributed by atoms with E-state index in [1.807, 2.05) is 32.0 Å². The summed E-state index contributed by atoms with van der Waals surface area (Å²) < 4.78 is 10.9. The molecule has 5 heteroatoms. The van der Waals surface area contributed by atoms with Crippen LogP contribution in [0.5, 0.6) is 5.75 Å². The molecule has 0 aliphatic carbocycles. The van der Waals surface area contributed by atoms with Gasteiger partial charge in [-0.2, -0.15) is 0 Å². The highest BCUT2D eigenvalue weighted by Gasteiger charge is 2.18. The van der Waals surface area contributed by atoms with Crippen molar-refractivity contribution >= 4 is 16.9 Å². The van der Waals surface area contributed by atoms with Crippen LogP contribution in [0.3, 0.4) is 0 Å². The molecule has 1 atom stereocenters. The lowest BCUT2D eigenvalue weighted by Crippen LogP contribution is -2.27. The maximum Gasteiger partial charge on any atom is 0.287 e. The standard InChI is InChI=1S/C20H19NO4/c1-12-8-9-17(24-3)15(10-12)13(2)21-20(23)19-11-16(22)14-6-4-5-7-18(14)25-19/h4-11,13H,1-3H3,(H,21,23)/t13-/m1/s1. The van der Waals surface area contributed by atoms with Gasteiger partial charge in [0, 0.05) is 11.6 Å². The number of hydrogen-bond donors (Lipinski definition) is 1. The summed E-state index contributed by atoms with van der Waals surface area (Å²) in [5.41, 5.74) is 2.07. The van der Waals surface area contributed by atoms with Crippen LogP contribution in [0.4, 0.5) is 0 Å². The Morgan fingerprint density at radius 3 is 2.68 bits per heavy atom. The molecule has 1 N–H and O–H groups in total. The van der Waals surface area contributed by atoms with Crippen LogP contribution in [-0.2, 0) is 0 Å². The van der Waals surface area contributed by atoms with Crippen LogP contribution in [0.2, 0.25) is 0 Å². The van der Waals surface area contributed by atoms with E-state index in [1.165, 1.54) is 6.07 Å². The average molecular weight is 337 g/mol. The highest BCUT2D eigenvalue weighted by atomic mass is 16.5. The third-order valence-corrected chi connectivity index (χ3v) is 4.06. The first-order chi connectivity index (χ1) is 12.0. The zero-order chi connectivity index (χ0) is 18.0. The maximum atomic E-state index is 12.5. The summed E-state index contributed by atoms with van der Waals surface area (Å²) in [7, 11) is 1.59. The predicted octanol–water partition coefficient (Wildman–Crippen LogP) is 3.60. The zero-order valence-corrected chi connectivity index (χ0v) is 14.3. The molecule has 1 amide bonds. The number of nitrogens with one attached hydrogen (secondary N) is 1. The van der Waals surface area contributed by atoms with Crippen molar-refractivity contribution in [3.63, 3.8) is 0 Å². The molecular weight excluding hydrogens is 318 g/mol. The fourth-order valence-electron chi connectivity index (χ4n) is 2.75. The number of ether oxygens (including phenoxy) is 1. The number of amides is 1. The molecule has 2 aromatic carbocycles. The Kier molecular flexibility index (Phi) is 4.57. The smallest absolute Gasteiger partial charge is 0.287 e. The molecule has 0 unspecified atom stereocenters. The van der Waals surface area contributed by atoms with Crippen LogP contribution in [0.25, 0.3) is 11.0 Å². The van der Waals surface area contributed by atoms with Gasteiger partial charge >= 0.3 is 0 Å². The third kappa shape index (κ3) is 3.40. The van der Waals surface area contributed by atoms with Crippen molar-refractivity contribution < 1.29 is 13.9 Å². The molecule has 0 spiro atoms. The van der Waals surface area contributed by atoms with Crippen LogP contribution in [0, 0.1) is 6.92 Å². The second-order valence-electron chi connectivity index (χ2n) is 5.91.